The fraction of sp³-hybridized carbons (Fsp3) is 0.333. The lowest BCUT2D eigenvalue weighted by atomic mass is 10.1. The molecule has 0 spiro atoms. The molecule has 0 N–H and O–H groups in total. The van der Waals surface area contributed by atoms with Crippen molar-refractivity contribution < 1.29 is 4.74 Å². The van der Waals surface area contributed by atoms with Gasteiger partial charge in [0.25, 0.3) is 0 Å². The lowest BCUT2D eigenvalue weighted by Crippen LogP contribution is -1.99. The van der Waals surface area contributed by atoms with Crippen molar-refractivity contribution in [2.75, 3.05) is 13.2 Å². The summed E-state index contributed by atoms with van der Waals surface area (Å²) < 4.78 is 5.27. The molecule has 1 aromatic rings. The van der Waals surface area contributed by atoms with Gasteiger partial charge in [0.1, 0.15) is 0 Å². The van der Waals surface area contributed by atoms with Crippen molar-refractivity contribution in [2.45, 2.75) is 13.3 Å². The molecule has 1 rings (SSSR count). The van der Waals surface area contributed by atoms with Crippen LogP contribution in [0, 0.1) is 0 Å². The Morgan fingerprint density at radius 2 is 2.00 bits per heavy atom. The van der Waals surface area contributed by atoms with E-state index >= 15 is 0 Å². The van der Waals surface area contributed by atoms with Crippen LogP contribution in [0.1, 0.15) is 12.5 Å². The second-order valence-electron chi connectivity index (χ2n) is 3.05. The van der Waals surface area contributed by atoms with Gasteiger partial charge in [-0.2, -0.15) is 0 Å². The van der Waals surface area contributed by atoms with E-state index in [1.807, 2.05) is 25.1 Å². The van der Waals surface area contributed by atoms with Crippen molar-refractivity contribution in [2.24, 2.45) is 0 Å². The molecular weight excluding hydrogens is 160 g/mol. The second-order valence-corrected chi connectivity index (χ2v) is 3.05. The fourth-order valence-corrected chi connectivity index (χ4v) is 1.18. The normalized spacial score (nSPS) is 9.92. The van der Waals surface area contributed by atoms with Crippen LogP contribution in [-0.4, -0.2) is 13.2 Å². The molecule has 0 saturated carbocycles. The first kappa shape index (κ1) is 10.0. The molecule has 1 nitrogen and oxygen atoms in total. The average Bonchev–Trinajstić information content (AvgIpc) is 2.16. The molecule has 0 aliphatic heterocycles. The van der Waals surface area contributed by atoms with Gasteiger partial charge < -0.3 is 4.74 Å². The summed E-state index contributed by atoms with van der Waals surface area (Å²) in [5.74, 6) is 0. The van der Waals surface area contributed by atoms with Crippen LogP contribution in [-0.2, 0) is 11.2 Å². The third-order valence-corrected chi connectivity index (χ3v) is 1.81. The van der Waals surface area contributed by atoms with Crippen molar-refractivity contribution in [3.05, 3.63) is 48.0 Å². The standard InChI is InChI=1S/C12H16O/c1-3-13-10-11(2)9-12-7-5-4-6-8-12/h4-8H,2-3,9-10H2,1H3. The van der Waals surface area contributed by atoms with Gasteiger partial charge in [-0.25, -0.2) is 0 Å². The smallest absolute Gasteiger partial charge is 0.0677 e. The predicted octanol–water partition coefficient (Wildman–Crippen LogP) is 2.82. The number of hydrogen-bond acceptors (Lipinski definition) is 1. The average molecular weight is 176 g/mol. The quantitative estimate of drug-likeness (QED) is 0.627. The van der Waals surface area contributed by atoms with E-state index in [-0.39, 0.29) is 0 Å². The van der Waals surface area contributed by atoms with E-state index in [1.54, 1.807) is 0 Å². The molecule has 13 heavy (non-hydrogen) atoms. The zero-order valence-corrected chi connectivity index (χ0v) is 8.12. The van der Waals surface area contributed by atoms with E-state index in [9.17, 15) is 0 Å². The van der Waals surface area contributed by atoms with Gasteiger partial charge in [-0.15, -0.1) is 0 Å². The summed E-state index contributed by atoms with van der Waals surface area (Å²) in [6.45, 7) is 7.39. The van der Waals surface area contributed by atoms with Crippen LogP contribution in [0.3, 0.4) is 0 Å². The molecule has 0 aliphatic rings. The van der Waals surface area contributed by atoms with Crippen molar-refractivity contribution in [1.82, 2.24) is 0 Å². The SMILES string of the molecule is C=C(COCC)Cc1ccccc1. The molecule has 0 atom stereocenters. The minimum absolute atomic E-state index is 0.672. The summed E-state index contributed by atoms with van der Waals surface area (Å²) in [5.41, 5.74) is 2.43. The second kappa shape index (κ2) is 5.55. The van der Waals surface area contributed by atoms with E-state index in [0.29, 0.717) is 6.61 Å². The maximum atomic E-state index is 5.27. The maximum absolute atomic E-state index is 5.27. The van der Waals surface area contributed by atoms with E-state index < -0.39 is 0 Å². The first-order valence-electron chi connectivity index (χ1n) is 4.61. The topological polar surface area (TPSA) is 9.23 Å². The lowest BCUT2D eigenvalue weighted by molar-refractivity contribution is 0.170. The Balaban J connectivity index is 2.37. The largest absolute Gasteiger partial charge is 0.377 e. The molecule has 0 unspecified atom stereocenters. The number of rotatable bonds is 5. The van der Waals surface area contributed by atoms with Crippen molar-refractivity contribution in [3.8, 4) is 0 Å². The van der Waals surface area contributed by atoms with E-state index in [2.05, 4.69) is 18.7 Å². The first-order valence-corrected chi connectivity index (χ1v) is 4.61. The van der Waals surface area contributed by atoms with Crippen LogP contribution >= 0.6 is 0 Å². The highest BCUT2D eigenvalue weighted by molar-refractivity contribution is 5.20. The number of ether oxygens (including phenoxy) is 1. The van der Waals surface area contributed by atoms with Gasteiger partial charge in [0.2, 0.25) is 0 Å². The Hall–Kier alpha value is -1.08. The van der Waals surface area contributed by atoms with Gasteiger partial charge in [0, 0.05) is 6.61 Å². The molecule has 0 radical (unpaired) electrons. The van der Waals surface area contributed by atoms with Gasteiger partial charge in [-0.3, -0.25) is 0 Å². The maximum Gasteiger partial charge on any atom is 0.0677 e. The fourth-order valence-electron chi connectivity index (χ4n) is 1.18. The van der Waals surface area contributed by atoms with Gasteiger partial charge in [-0.05, 0) is 24.5 Å². The zero-order valence-electron chi connectivity index (χ0n) is 8.12. The Bertz CT molecular complexity index is 251. The van der Waals surface area contributed by atoms with Crippen LogP contribution in [0.2, 0.25) is 0 Å². The number of hydrogen-bond donors (Lipinski definition) is 0. The van der Waals surface area contributed by atoms with Crippen molar-refractivity contribution in [3.63, 3.8) is 0 Å². The molecule has 0 saturated heterocycles. The van der Waals surface area contributed by atoms with Crippen LogP contribution < -0.4 is 0 Å². The first-order chi connectivity index (χ1) is 6.33. The van der Waals surface area contributed by atoms with Gasteiger partial charge >= 0.3 is 0 Å². The van der Waals surface area contributed by atoms with Crippen molar-refractivity contribution in [1.29, 1.82) is 0 Å². The summed E-state index contributed by atoms with van der Waals surface area (Å²) in [6.07, 6.45) is 0.917. The van der Waals surface area contributed by atoms with Crippen LogP contribution in [0.4, 0.5) is 0 Å². The highest BCUT2D eigenvalue weighted by Crippen LogP contribution is 2.05. The predicted molar refractivity (Wildman–Crippen MR) is 55.8 cm³/mol. The summed E-state index contributed by atoms with van der Waals surface area (Å²) in [6, 6.07) is 10.3. The monoisotopic (exact) mass is 176 g/mol. The molecule has 1 heteroatoms. The molecule has 1 aromatic carbocycles. The van der Waals surface area contributed by atoms with Crippen LogP contribution in [0.25, 0.3) is 0 Å². The Kier molecular flexibility index (Phi) is 4.27. The van der Waals surface area contributed by atoms with E-state index in [0.717, 1.165) is 18.6 Å². The van der Waals surface area contributed by atoms with Gasteiger partial charge in [0.15, 0.2) is 0 Å². The van der Waals surface area contributed by atoms with Crippen molar-refractivity contribution >= 4 is 0 Å². The summed E-state index contributed by atoms with van der Waals surface area (Å²) in [5, 5.41) is 0. The van der Waals surface area contributed by atoms with Gasteiger partial charge in [0.05, 0.1) is 6.61 Å². The highest BCUT2D eigenvalue weighted by atomic mass is 16.5. The minimum Gasteiger partial charge on any atom is -0.377 e. The lowest BCUT2D eigenvalue weighted by Gasteiger charge is -2.05. The third kappa shape index (κ3) is 3.90. The molecule has 0 bridgehead atoms. The van der Waals surface area contributed by atoms with E-state index in [1.165, 1.54) is 5.56 Å². The Morgan fingerprint density at radius 1 is 1.31 bits per heavy atom. The summed E-state index contributed by atoms with van der Waals surface area (Å²) in [4.78, 5) is 0. The summed E-state index contributed by atoms with van der Waals surface area (Å²) >= 11 is 0. The van der Waals surface area contributed by atoms with Crippen LogP contribution in [0.5, 0.6) is 0 Å². The van der Waals surface area contributed by atoms with Crippen LogP contribution in [0.15, 0.2) is 42.5 Å². The van der Waals surface area contributed by atoms with Gasteiger partial charge in [-0.1, -0.05) is 36.9 Å². The Morgan fingerprint density at radius 3 is 2.62 bits per heavy atom. The molecule has 0 amide bonds. The third-order valence-electron chi connectivity index (χ3n) is 1.81. The highest BCUT2D eigenvalue weighted by Gasteiger charge is 1.95. The zero-order chi connectivity index (χ0) is 9.52. The molecule has 0 aromatic heterocycles. The number of benzene rings is 1. The van der Waals surface area contributed by atoms with E-state index in [4.69, 9.17) is 4.74 Å². The minimum atomic E-state index is 0.672. The molecule has 0 heterocycles. The molecule has 70 valence electrons. The summed E-state index contributed by atoms with van der Waals surface area (Å²) in [7, 11) is 0. The molecular formula is C12H16O. The Labute approximate surface area is 80.0 Å². The molecule has 0 fully saturated rings. The molecule has 0 aliphatic carbocycles.